The molecule has 0 unspecified atom stereocenters. The first kappa shape index (κ1) is 19.7. The Bertz CT molecular complexity index is 584. The highest BCUT2D eigenvalue weighted by Gasteiger charge is 2.54. The summed E-state index contributed by atoms with van der Waals surface area (Å²) in [6, 6.07) is 0. The number of nitrogens with zero attached hydrogens (tertiary/aromatic N) is 1. The minimum Gasteiger partial charge on any atom is -0.444 e. The number of piperidine rings is 1. The van der Waals surface area contributed by atoms with Crippen molar-refractivity contribution >= 4 is 13.2 Å². The second-order valence-electron chi connectivity index (χ2n) is 9.63. The number of amides is 1. The van der Waals surface area contributed by atoms with Crippen LogP contribution in [0.15, 0.2) is 11.5 Å². The molecule has 7 heteroatoms. The minimum absolute atomic E-state index is 0.250. The summed E-state index contributed by atoms with van der Waals surface area (Å²) in [5.41, 5.74) is -0.450. The Labute approximate surface area is 157 Å². The average Bonchev–Trinajstić information content (AvgIpc) is 2.97. The molecule has 26 heavy (non-hydrogen) atoms. The molecule has 0 radical (unpaired) electrons. The van der Waals surface area contributed by atoms with Crippen LogP contribution in [-0.4, -0.2) is 60.2 Å². The van der Waals surface area contributed by atoms with Gasteiger partial charge in [-0.15, -0.1) is 0 Å². The predicted octanol–water partition coefficient (Wildman–Crippen LogP) is 3.34. The van der Waals surface area contributed by atoms with Crippen LogP contribution < -0.4 is 0 Å². The number of carbonyl (C=O) groups excluding carboxylic acids is 1. The second kappa shape index (κ2) is 6.25. The van der Waals surface area contributed by atoms with E-state index in [0.29, 0.717) is 19.7 Å². The van der Waals surface area contributed by atoms with Crippen LogP contribution in [0.1, 0.15) is 61.3 Å². The summed E-state index contributed by atoms with van der Waals surface area (Å²) in [7, 11) is -0.358. The van der Waals surface area contributed by atoms with Crippen molar-refractivity contribution < 1.29 is 23.6 Å². The van der Waals surface area contributed by atoms with Gasteiger partial charge in [-0.3, -0.25) is 0 Å². The maximum Gasteiger partial charge on any atom is 0.492 e. The molecule has 3 aliphatic rings. The summed E-state index contributed by atoms with van der Waals surface area (Å²) < 4.78 is 23.9. The molecule has 3 heterocycles. The molecule has 2 fully saturated rings. The number of likely N-dealkylation sites (tertiary alicyclic amines) is 1. The lowest BCUT2D eigenvalue weighted by Gasteiger charge is -2.38. The van der Waals surface area contributed by atoms with Gasteiger partial charge in [0.25, 0.3) is 0 Å². The molecule has 0 aromatic heterocycles. The summed E-state index contributed by atoms with van der Waals surface area (Å²) in [6.45, 7) is 15.6. The van der Waals surface area contributed by atoms with E-state index in [4.69, 9.17) is 18.8 Å². The van der Waals surface area contributed by atoms with Gasteiger partial charge in [0.15, 0.2) is 0 Å². The van der Waals surface area contributed by atoms with Crippen molar-refractivity contribution in [1.29, 1.82) is 0 Å². The quantitative estimate of drug-likeness (QED) is 0.667. The van der Waals surface area contributed by atoms with Crippen LogP contribution in [0.5, 0.6) is 0 Å². The van der Waals surface area contributed by atoms with Gasteiger partial charge in [0.05, 0.1) is 23.4 Å². The molecule has 0 N–H and O–H groups in total. The van der Waals surface area contributed by atoms with E-state index >= 15 is 0 Å². The van der Waals surface area contributed by atoms with Gasteiger partial charge in [0.1, 0.15) is 5.60 Å². The monoisotopic (exact) mass is 365 g/mol. The minimum atomic E-state index is -0.472. The summed E-state index contributed by atoms with van der Waals surface area (Å²) in [5, 5.41) is 0. The highest BCUT2D eigenvalue weighted by Crippen LogP contribution is 2.42. The Morgan fingerprint density at radius 1 is 1.12 bits per heavy atom. The average molecular weight is 365 g/mol. The lowest BCUT2D eigenvalue weighted by molar-refractivity contribution is -0.0329. The number of hydrogen-bond donors (Lipinski definition) is 0. The van der Waals surface area contributed by atoms with E-state index in [1.54, 1.807) is 4.90 Å². The van der Waals surface area contributed by atoms with E-state index in [-0.39, 0.29) is 30.0 Å². The summed E-state index contributed by atoms with van der Waals surface area (Å²) in [5.74, 6) is 0. The van der Waals surface area contributed by atoms with Crippen LogP contribution in [-0.2, 0) is 18.8 Å². The van der Waals surface area contributed by atoms with Gasteiger partial charge in [-0.1, -0.05) is 6.08 Å². The van der Waals surface area contributed by atoms with E-state index in [0.717, 1.165) is 18.3 Å². The fourth-order valence-electron chi connectivity index (χ4n) is 3.46. The zero-order valence-electron chi connectivity index (χ0n) is 17.2. The van der Waals surface area contributed by atoms with Crippen molar-refractivity contribution in [2.45, 2.75) is 83.7 Å². The Hall–Kier alpha value is -1.05. The zero-order chi connectivity index (χ0) is 19.4. The summed E-state index contributed by atoms with van der Waals surface area (Å²) >= 11 is 0. The first-order chi connectivity index (χ1) is 11.8. The SMILES string of the molecule is CC(C)(C)OC(=O)N1CCC2(C=C(B3OC(C)(C)C(C)(C)O3)CO2)CC1. The van der Waals surface area contributed by atoms with Crippen LogP contribution in [0.2, 0.25) is 0 Å². The third-order valence-corrected chi connectivity index (χ3v) is 5.79. The summed E-state index contributed by atoms with van der Waals surface area (Å²) in [4.78, 5) is 14.0. The van der Waals surface area contributed by atoms with Gasteiger partial charge < -0.3 is 23.7 Å². The Balaban J connectivity index is 1.62. The molecular formula is C19H32BNO5. The maximum atomic E-state index is 12.2. The number of ether oxygens (including phenoxy) is 2. The fraction of sp³-hybridized carbons (Fsp3) is 0.842. The highest BCUT2D eigenvalue weighted by atomic mass is 16.7. The largest absolute Gasteiger partial charge is 0.492 e. The Morgan fingerprint density at radius 2 is 1.65 bits per heavy atom. The van der Waals surface area contributed by atoms with Crippen LogP contribution >= 0.6 is 0 Å². The lowest BCUT2D eigenvalue weighted by Crippen LogP contribution is -2.47. The molecule has 0 bridgehead atoms. The molecule has 6 nitrogen and oxygen atoms in total. The van der Waals surface area contributed by atoms with Gasteiger partial charge in [-0.2, -0.15) is 0 Å². The van der Waals surface area contributed by atoms with Crippen LogP contribution in [0.3, 0.4) is 0 Å². The first-order valence-electron chi connectivity index (χ1n) is 9.52. The predicted molar refractivity (Wildman–Crippen MR) is 99.9 cm³/mol. The zero-order valence-corrected chi connectivity index (χ0v) is 17.2. The lowest BCUT2D eigenvalue weighted by atomic mass is 9.76. The molecule has 3 rings (SSSR count). The van der Waals surface area contributed by atoms with E-state index in [9.17, 15) is 4.79 Å². The molecule has 0 atom stereocenters. The molecule has 146 valence electrons. The van der Waals surface area contributed by atoms with Crippen molar-refractivity contribution in [2.24, 2.45) is 0 Å². The molecule has 0 aromatic carbocycles. The molecular weight excluding hydrogens is 333 g/mol. The van der Waals surface area contributed by atoms with Crippen molar-refractivity contribution in [3.05, 3.63) is 11.5 Å². The molecule has 0 saturated carbocycles. The molecule has 0 aliphatic carbocycles. The van der Waals surface area contributed by atoms with Crippen molar-refractivity contribution in [2.75, 3.05) is 19.7 Å². The summed E-state index contributed by atoms with van der Waals surface area (Å²) in [6.07, 6.45) is 3.44. The fourth-order valence-corrected chi connectivity index (χ4v) is 3.46. The van der Waals surface area contributed by atoms with Crippen molar-refractivity contribution in [3.8, 4) is 0 Å². The van der Waals surface area contributed by atoms with Gasteiger partial charge in [0, 0.05) is 13.1 Å². The standard InChI is InChI=1S/C19H32BNO5/c1-16(2,3)24-15(22)21-10-8-19(9-11-21)12-14(13-23-19)20-25-17(4,5)18(6,7)26-20/h12H,8-11,13H2,1-7H3. The van der Waals surface area contributed by atoms with Crippen molar-refractivity contribution in [1.82, 2.24) is 4.90 Å². The van der Waals surface area contributed by atoms with E-state index in [1.165, 1.54) is 0 Å². The van der Waals surface area contributed by atoms with Gasteiger partial charge in [-0.05, 0) is 66.8 Å². The number of rotatable bonds is 1. The number of hydrogen-bond acceptors (Lipinski definition) is 5. The smallest absolute Gasteiger partial charge is 0.444 e. The van der Waals surface area contributed by atoms with Gasteiger partial charge in [-0.25, -0.2) is 4.79 Å². The Kier molecular flexibility index (Phi) is 4.73. The van der Waals surface area contributed by atoms with E-state index < -0.39 is 5.60 Å². The molecule has 1 spiro atoms. The second-order valence-corrected chi connectivity index (χ2v) is 9.63. The molecule has 1 amide bonds. The van der Waals surface area contributed by atoms with Crippen molar-refractivity contribution in [3.63, 3.8) is 0 Å². The van der Waals surface area contributed by atoms with Crippen LogP contribution in [0.4, 0.5) is 4.79 Å². The maximum absolute atomic E-state index is 12.2. The van der Waals surface area contributed by atoms with Crippen LogP contribution in [0, 0.1) is 0 Å². The van der Waals surface area contributed by atoms with E-state index in [2.05, 4.69) is 33.8 Å². The normalized spacial score (nSPS) is 27.0. The van der Waals surface area contributed by atoms with Gasteiger partial charge in [0.2, 0.25) is 0 Å². The molecule has 2 saturated heterocycles. The molecule has 3 aliphatic heterocycles. The molecule has 0 aromatic rings. The van der Waals surface area contributed by atoms with Gasteiger partial charge >= 0.3 is 13.2 Å². The highest BCUT2D eigenvalue weighted by molar-refractivity contribution is 6.54. The third-order valence-electron chi connectivity index (χ3n) is 5.79. The third kappa shape index (κ3) is 3.80. The topological polar surface area (TPSA) is 57.2 Å². The van der Waals surface area contributed by atoms with E-state index in [1.807, 2.05) is 20.8 Å². The Morgan fingerprint density at radius 3 is 2.15 bits per heavy atom. The van der Waals surface area contributed by atoms with Crippen LogP contribution in [0.25, 0.3) is 0 Å². The first-order valence-corrected chi connectivity index (χ1v) is 9.52. The number of carbonyl (C=O) groups is 1.